The average Bonchev–Trinajstić information content (AvgIpc) is 3.24. The summed E-state index contributed by atoms with van der Waals surface area (Å²) in [5.74, 6) is 1.36. The summed E-state index contributed by atoms with van der Waals surface area (Å²) in [4.78, 5) is 12.1. The Morgan fingerprint density at radius 2 is 1.91 bits per heavy atom. The summed E-state index contributed by atoms with van der Waals surface area (Å²) in [6.45, 7) is 0. The van der Waals surface area contributed by atoms with Gasteiger partial charge in [0.15, 0.2) is 0 Å². The number of anilines is 1. The fourth-order valence-corrected chi connectivity index (χ4v) is 3.09. The molecular formula is C17H20N4O. The van der Waals surface area contributed by atoms with Crippen LogP contribution in [0, 0.1) is 0 Å². The second-order valence-corrected chi connectivity index (χ2v) is 6.27. The van der Waals surface area contributed by atoms with E-state index in [2.05, 4.69) is 40.0 Å². The van der Waals surface area contributed by atoms with Crippen LogP contribution in [0.3, 0.4) is 0 Å². The van der Waals surface area contributed by atoms with Gasteiger partial charge >= 0.3 is 6.03 Å². The summed E-state index contributed by atoms with van der Waals surface area (Å²) in [5, 5.41) is 10.2. The molecular weight excluding hydrogens is 276 g/mol. The van der Waals surface area contributed by atoms with Crippen molar-refractivity contribution in [3.63, 3.8) is 0 Å². The van der Waals surface area contributed by atoms with E-state index >= 15 is 0 Å². The Kier molecular flexibility index (Phi) is 3.33. The average molecular weight is 296 g/mol. The topological polar surface area (TPSA) is 59.0 Å². The Morgan fingerprint density at radius 1 is 1.14 bits per heavy atom. The molecule has 5 nitrogen and oxygen atoms in total. The van der Waals surface area contributed by atoms with Crippen molar-refractivity contribution in [1.29, 1.82) is 0 Å². The zero-order valence-corrected chi connectivity index (χ0v) is 12.4. The van der Waals surface area contributed by atoms with Crippen LogP contribution in [0.1, 0.15) is 43.2 Å². The van der Waals surface area contributed by atoms with Crippen LogP contribution in [0.25, 0.3) is 0 Å². The Balaban J connectivity index is 1.28. The molecule has 1 aromatic carbocycles. The van der Waals surface area contributed by atoms with Crippen LogP contribution in [-0.2, 0) is 0 Å². The fourth-order valence-electron chi connectivity index (χ4n) is 3.09. The molecule has 114 valence electrons. The van der Waals surface area contributed by atoms with Crippen molar-refractivity contribution < 1.29 is 4.79 Å². The van der Waals surface area contributed by atoms with E-state index in [0.29, 0.717) is 12.0 Å². The molecule has 0 unspecified atom stereocenters. The van der Waals surface area contributed by atoms with E-state index in [4.69, 9.17) is 0 Å². The van der Waals surface area contributed by atoms with E-state index < -0.39 is 0 Å². The predicted octanol–water partition coefficient (Wildman–Crippen LogP) is 3.29. The molecule has 1 aromatic heterocycles. The smallest absolute Gasteiger partial charge is 0.320 e. The van der Waals surface area contributed by atoms with Crippen molar-refractivity contribution in [2.75, 3.05) is 5.32 Å². The lowest BCUT2D eigenvalue weighted by atomic mass is 9.76. The molecule has 2 fully saturated rings. The Hall–Kier alpha value is -2.30. The van der Waals surface area contributed by atoms with Gasteiger partial charge in [0.25, 0.3) is 0 Å². The summed E-state index contributed by atoms with van der Waals surface area (Å²) < 4.78 is 1.91. The number of hydrogen-bond acceptors (Lipinski definition) is 2. The van der Waals surface area contributed by atoms with Gasteiger partial charge < -0.3 is 5.32 Å². The van der Waals surface area contributed by atoms with Gasteiger partial charge in [-0.1, -0.05) is 30.3 Å². The summed E-state index contributed by atoms with van der Waals surface area (Å²) in [6.07, 6.45) is 6.07. The largest absolute Gasteiger partial charge is 0.335 e. The third kappa shape index (κ3) is 2.71. The molecule has 2 aromatic rings. The van der Waals surface area contributed by atoms with Crippen molar-refractivity contribution in [2.24, 2.45) is 0 Å². The molecule has 2 aliphatic rings. The lowest BCUT2D eigenvalue weighted by Crippen LogP contribution is -2.45. The highest BCUT2D eigenvalue weighted by atomic mass is 16.2. The highest BCUT2D eigenvalue weighted by Crippen LogP contribution is 2.37. The van der Waals surface area contributed by atoms with Gasteiger partial charge in [-0.15, -0.1) is 0 Å². The maximum atomic E-state index is 12.1. The first kappa shape index (κ1) is 13.4. The van der Waals surface area contributed by atoms with Gasteiger partial charge in [0.2, 0.25) is 0 Å². The Morgan fingerprint density at radius 3 is 2.64 bits per heavy atom. The first-order chi connectivity index (χ1) is 10.8. The number of nitrogens with zero attached hydrogens (tertiary/aromatic N) is 2. The van der Waals surface area contributed by atoms with Crippen molar-refractivity contribution in [3.8, 4) is 0 Å². The summed E-state index contributed by atoms with van der Waals surface area (Å²) >= 11 is 0. The van der Waals surface area contributed by atoms with E-state index in [1.807, 2.05) is 16.8 Å². The molecule has 0 bridgehead atoms. The summed E-state index contributed by atoms with van der Waals surface area (Å²) in [6, 6.07) is 13.0. The zero-order chi connectivity index (χ0) is 14.9. The van der Waals surface area contributed by atoms with Crippen molar-refractivity contribution in [3.05, 3.63) is 48.2 Å². The number of carbonyl (C=O) groups is 1. The number of urea groups is 1. The van der Waals surface area contributed by atoms with Gasteiger partial charge in [-0.05, 0) is 37.2 Å². The lowest BCUT2D eigenvalue weighted by Gasteiger charge is -2.36. The fraction of sp³-hybridized carbons (Fsp3) is 0.412. The third-order valence-corrected chi connectivity index (χ3v) is 4.55. The summed E-state index contributed by atoms with van der Waals surface area (Å²) in [7, 11) is 0. The van der Waals surface area contributed by atoms with E-state index in [1.54, 1.807) is 6.20 Å². The Bertz CT molecular complexity index is 656. The van der Waals surface area contributed by atoms with Gasteiger partial charge in [-0.25, -0.2) is 9.48 Å². The van der Waals surface area contributed by atoms with Crippen LogP contribution >= 0.6 is 0 Å². The number of carbonyl (C=O) groups excluding carboxylic acids is 1. The first-order valence-electron chi connectivity index (χ1n) is 7.95. The molecule has 2 aliphatic carbocycles. The number of hydrogen-bond donors (Lipinski definition) is 2. The number of aromatic nitrogens is 2. The van der Waals surface area contributed by atoms with Crippen LogP contribution in [0.2, 0.25) is 0 Å². The highest BCUT2D eigenvalue weighted by Gasteiger charge is 2.32. The SMILES string of the molecule is O=C(Nc1ccnn1C1CC1)NC1CC(c2ccccc2)C1. The van der Waals surface area contributed by atoms with E-state index in [0.717, 1.165) is 31.5 Å². The number of rotatable bonds is 4. The number of nitrogens with one attached hydrogen (secondary N) is 2. The molecule has 0 aliphatic heterocycles. The molecule has 5 heteroatoms. The van der Waals surface area contributed by atoms with Gasteiger partial charge in [0, 0.05) is 12.1 Å². The summed E-state index contributed by atoms with van der Waals surface area (Å²) in [5.41, 5.74) is 1.37. The molecule has 0 atom stereocenters. The van der Waals surface area contributed by atoms with Crippen LogP contribution in [0.4, 0.5) is 10.6 Å². The Labute approximate surface area is 129 Å². The number of amides is 2. The van der Waals surface area contributed by atoms with E-state index in [9.17, 15) is 4.79 Å². The van der Waals surface area contributed by atoms with Crippen LogP contribution in [0.5, 0.6) is 0 Å². The van der Waals surface area contributed by atoms with Crippen LogP contribution in [-0.4, -0.2) is 21.9 Å². The molecule has 0 spiro atoms. The lowest BCUT2D eigenvalue weighted by molar-refractivity contribution is 0.233. The molecule has 0 saturated heterocycles. The molecule has 1 heterocycles. The molecule has 4 rings (SSSR count). The minimum absolute atomic E-state index is 0.126. The quantitative estimate of drug-likeness (QED) is 0.909. The van der Waals surface area contributed by atoms with Crippen molar-refractivity contribution in [2.45, 2.75) is 43.7 Å². The van der Waals surface area contributed by atoms with Gasteiger partial charge in [0.1, 0.15) is 5.82 Å². The molecule has 2 amide bonds. The second kappa shape index (κ2) is 5.48. The minimum Gasteiger partial charge on any atom is -0.335 e. The predicted molar refractivity (Wildman–Crippen MR) is 84.9 cm³/mol. The monoisotopic (exact) mass is 296 g/mol. The minimum atomic E-state index is -0.126. The molecule has 0 radical (unpaired) electrons. The molecule has 2 N–H and O–H groups in total. The van der Waals surface area contributed by atoms with Crippen LogP contribution < -0.4 is 10.6 Å². The first-order valence-corrected chi connectivity index (χ1v) is 7.95. The molecule has 2 saturated carbocycles. The molecule has 22 heavy (non-hydrogen) atoms. The van der Waals surface area contributed by atoms with Gasteiger partial charge in [-0.3, -0.25) is 5.32 Å². The zero-order valence-electron chi connectivity index (χ0n) is 12.4. The highest BCUT2D eigenvalue weighted by molar-refractivity contribution is 5.88. The normalized spacial score (nSPS) is 23.6. The maximum Gasteiger partial charge on any atom is 0.320 e. The van der Waals surface area contributed by atoms with Crippen molar-refractivity contribution in [1.82, 2.24) is 15.1 Å². The van der Waals surface area contributed by atoms with Gasteiger partial charge in [-0.2, -0.15) is 5.10 Å². The van der Waals surface area contributed by atoms with E-state index in [-0.39, 0.29) is 12.1 Å². The second-order valence-electron chi connectivity index (χ2n) is 6.27. The number of benzene rings is 1. The van der Waals surface area contributed by atoms with Gasteiger partial charge in [0.05, 0.1) is 12.2 Å². The standard InChI is InChI=1S/C17H20N4O/c22-17(20-16-8-9-18-21(16)15-6-7-15)19-14-10-13(11-14)12-4-2-1-3-5-12/h1-5,8-9,13-15H,6-7,10-11H2,(H2,19,20,22). The van der Waals surface area contributed by atoms with Crippen molar-refractivity contribution >= 4 is 11.8 Å². The third-order valence-electron chi connectivity index (χ3n) is 4.55. The van der Waals surface area contributed by atoms with E-state index in [1.165, 1.54) is 5.56 Å². The maximum absolute atomic E-state index is 12.1. The van der Waals surface area contributed by atoms with Crippen LogP contribution in [0.15, 0.2) is 42.6 Å².